The van der Waals surface area contributed by atoms with Gasteiger partial charge in [0.1, 0.15) is 11.9 Å². The Kier molecular flexibility index (Phi) is 2.46. The Morgan fingerprint density at radius 2 is 1.87 bits per heavy atom. The summed E-state index contributed by atoms with van der Waals surface area (Å²) in [4.78, 5) is 0. The third-order valence-electron chi connectivity index (χ3n) is 2.66. The molecule has 0 aliphatic carbocycles. The van der Waals surface area contributed by atoms with E-state index in [1.54, 1.807) is 0 Å². The van der Waals surface area contributed by atoms with Crippen molar-refractivity contribution < 1.29 is 13.2 Å². The average Bonchev–Trinajstić information content (AvgIpc) is 2.08. The summed E-state index contributed by atoms with van der Waals surface area (Å²) in [5, 5.41) is 0. The first kappa shape index (κ1) is 10.5. The Hall–Kier alpha value is -1.03. The standard InChI is InChI=1S/C11H14O3S/c1-8-3-4-10(5-9(8)2)14-11-6-15(12,13)7-11/h3-5,11H,6-7H2,1-2H3. The number of rotatable bonds is 2. The third-order valence-corrected chi connectivity index (χ3v) is 4.42. The topological polar surface area (TPSA) is 43.4 Å². The van der Waals surface area contributed by atoms with Crippen molar-refractivity contribution in [1.29, 1.82) is 0 Å². The van der Waals surface area contributed by atoms with E-state index in [4.69, 9.17) is 4.74 Å². The molecule has 2 rings (SSSR count). The van der Waals surface area contributed by atoms with Crippen LogP contribution in [0, 0.1) is 13.8 Å². The molecule has 1 fully saturated rings. The Balaban J connectivity index is 2.04. The molecule has 0 N–H and O–H groups in total. The van der Waals surface area contributed by atoms with Crippen LogP contribution in [0.5, 0.6) is 5.75 Å². The highest BCUT2D eigenvalue weighted by molar-refractivity contribution is 7.92. The summed E-state index contributed by atoms with van der Waals surface area (Å²) in [6.45, 7) is 4.05. The van der Waals surface area contributed by atoms with E-state index in [-0.39, 0.29) is 17.6 Å². The maximum absolute atomic E-state index is 10.9. The molecule has 0 saturated carbocycles. The lowest BCUT2D eigenvalue weighted by molar-refractivity contribution is 0.230. The van der Waals surface area contributed by atoms with Gasteiger partial charge in [-0.15, -0.1) is 0 Å². The van der Waals surface area contributed by atoms with Gasteiger partial charge in [-0.05, 0) is 37.1 Å². The Morgan fingerprint density at radius 1 is 1.20 bits per heavy atom. The van der Waals surface area contributed by atoms with Gasteiger partial charge in [0.25, 0.3) is 0 Å². The molecule has 15 heavy (non-hydrogen) atoms. The maximum atomic E-state index is 10.9. The number of aryl methyl sites for hydroxylation is 2. The van der Waals surface area contributed by atoms with Crippen molar-refractivity contribution in [3.63, 3.8) is 0 Å². The second-order valence-corrected chi connectivity index (χ2v) is 6.22. The van der Waals surface area contributed by atoms with Gasteiger partial charge in [0.2, 0.25) is 0 Å². The summed E-state index contributed by atoms with van der Waals surface area (Å²) in [7, 11) is -2.79. The second kappa shape index (κ2) is 3.52. The lowest BCUT2D eigenvalue weighted by Gasteiger charge is -2.26. The minimum absolute atomic E-state index is 0.153. The minimum Gasteiger partial charge on any atom is -0.488 e. The molecule has 1 aromatic rings. The van der Waals surface area contributed by atoms with Crippen LogP contribution in [0.3, 0.4) is 0 Å². The third kappa shape index (κ3) is 2.31. The monoisotopic (exact) mass is 226 g/mol. The molecule has 0 atom stereocenters. The van der Waals surface area contributed by atoms with E-state index in [0.717, 1.165) is 11.3 Å². The van der Waals surface area contributed by atoms with Crippen molar-refractivity contribution in [2.75, 3.05) is 11.5 Å². The van der Waals surface area contributed by atoms with E-state index in [0.29, 0.717) is 0 Å². The van der Waals surface area contributed by atoms with Crippen LogP contribution in [0.25, 0.3) is 0 Å². The van der Waals surface area contributed by atoms with Gasteiger partial charge in [-0.25, -0.2) is 8.42 Å². The molecule has 1 saturated heterocycles. The van der Waals surface area contributed by atoms with Gasteiger partial charge in [0, 0.05) is 0 Å². The molecule has 0 spiro atoms. The highest BCUT2D eigenvalue weighted by Crippen LogP contribution is 2.21. The SMILES string of the molecule is Cc1ccc(OC2CS(=O)(=O)C2)cc1C. The van der Waals surface area contributed by atoms with E-state index >= 15 is 0 Å². The highest BCUT2D eigenvalue weighted by Gasteiger charge is 2.35. The van der Waals surface area contributed by atoms with E-state index < -0.39 is 9.84 Å². The van der Waals surface area contributed by atoms with Crippen LogP contribution in [0.15, 0.2) is 18.2 Å². The Bertz CT molecular complexity index is 465. The molecule has 1 aromatic carbocycles. The molecule has 0 aromatic heterocycles. The molecule has 0 amide bonds. The maximum Gasteiger partial charge on any atom is 0.157 e. The smallest absolute Gasteiger partial charge is 0.157 e. The molecule has 1 aliphatic rings. The van der Waals surface area contributed by atoms with Crippen LogP contribution >= 0.6 is 0 Å². The van der Waals surface area contributed by atoms with Crippen molar-refractivity contribution in [2.24, 2.45) is 0 Å². The highest BCUT2D eigenvalue weighted by atomic mass is 32.2. The Morgan fingerprint density at radius 3 is 2.40 bits per heavy atom. The molecule has 82 valence electrons. The summed E-state index contributed by atoms with van der Waals surface area (Å²) in [6.07, 6.45) is -0.155. The zero-order valence-electron chi connectivity index (χ0n) is 8.86. The molecular formula is C11H14O3S. The quantitative estimate of drug-likeness (QED) is 0.767. The van der Waals surface area contributed by atoms with E-state index in [1.165, 1.54) is 5.56 Å². The fourth-order valence-electron chi connectivity index (χ4n) is 1.57. The average molecular weight is 226 g/mol. The van der Waals surface area contributed by atoms with Crippen LogP contribution in [0.1, 0.15) is 11.1 Å². The number of hydrogen-bond acceptors (Lipinski definition) is 3. The van der Waals surface area contributed by atoms with Gasteiger partial charge < -0.3 is 4.74 Å². The molecule has 0 radical (unpaired) electrons. The zero-order chi connectivity index (χ0) is 11.1. The van der Waals surface area contributed by atoms with Crippen LogP contribution in [0.4, 0.5) is 0 Å². The van der Waals surface area contributed by atoms with E-state index in [9.17, 15) is 8.42 Å². The predicted molar refractivity (Wildman–Crippen MR) is 59.0 cm³/mol. The first-order chi connectivity index (χ1) is 6.96. The van der Waals surface area contributed by atoms with E-state index in [1.807, 2.05) is 32.0 Å². The fourth-order valence-corrected chi connectivity index (χ4v) is 2.74. The number of benzene rings is 1. The van der Waals surface area contributed by atoms with Crippen molar-refractivity contribution in [1.82, 2.24) is 0 Å². The molecular weight excluding hydrogens is 212 g/mol. The predicted octanol–water partition coefficient (Wildman–Crippen LogP) is 1.48. The van der Waals surface area contributed by atoms with Crippen LogP contribution in [0.2, 0.25) is 0 Å². The van der Waals surface area contributed by atoms with Gasteiger partial charge in [-0.1, -0.05) is 6.07 Å². The van der Waals surface area contributed by atoms with Crippen molar-refractivity contribution in [3.8, 4) is 5.75 Å². The molecule has 1 aliphatic heterocycles. The van der Waals surface area contributed by atoms with Crippen LogP contribution < -0.4 is 4.74 Å². The van der Waals surface area contributed by atoms with Crippen molar-refractivity contribution in [2.45, 2.75) is 20.0 Å². The normalized spacial score (nSPS) is 19.6. The molecule has 0 unspecified atom stereocenters. The first-order valence-electron chi connectivity index (χ1n) is 4.91. The zero-order valence-corrected chi connectivity index (χ0v) is 9.67. The largest absolute Gasteiger partial charge is 0.488 e. The number of sulfone groups is 1. The molecule has 1 heterocycles. The van der Waals surface area contributed by atoms with Gasteiger partial charge in [0.05, 0.1) is 11.5 Å². The summed E-state index contributed by atoms with van der Waals surface area (Å²) in [5.41, 5.74) is 2.37. The van der Waals surface area contributed by atoms with Crippen LogP contribution in [-0.4, -0.2) is 26.0 Å². The van der Waals surface area contributed by atoms with Gasteiger partial charge >= 0.3 is 0 Å². The summed E-state index contributed by atoms with van der Waals surface area (Å²) in [5.74, 6) is 1.07. The van der Waals surface area contributed by atoms with Crippen molar-refractivity contribution >= 4 is 9.84 Å². The minimum atomic E-state index is -2.79. The number of hydrogen-bond donors (Lipinski definition) is 0. The van der Waals surface area contributed by atoms with E-state index in [2.05, 4.69) is 0 Å². The molecule has 3 nitrogen and oxygen atoms in total. The first-order valence-corrected chi connectivity index (χ1v) is 6.73. The summed E-state index contributed by atoms with van der Waals surface area (Å²) in [6, 6.07) is 5.81. The van der Waals surface area contributed by atoms with Gasteiger partial charge in [0.15, 0.2) is 9.84 Å². The van der Waals surface area contributed by atoms with Crippen LogP contribution in [-0.2, 0) is 9.84 Å². The molecule has 4 heteroatoms. The van der Waals surface area contributed by atoms with Crippen molar-refractivity contribution in [3.05, 3.63) is 29.3 Å². The molecule has 0 bridgehead atoms. The van der Waals surface area contributed by atoms with Gasteiger partial charge in [-0.2, -0.15) is 0 Å². The lowest BCUT2D eigenvalue weighted by atomic mass is 10.1. The summed E-state index contributed by atoms with van der Waals surface area (Å²) >= 11 is 0. The summed E-state index contributed by atoms with van der Waals surface area (Å²) < 4.78 is 27.4. The lowest BCUT2D eigenvalue weighted by Crippen LogP contribution is -2.45. The fraction of sp³-hybridized carbons (Fsp3) is 0.455. The second-order valence-electron chi connectivity index (χ2n) is 4.06. The Labute approximate surface area is 90.0 Å². The van der Waals surface area contributed by atoms with Gasteiger partial charge in [-0.3, -0.25) is 0 Å². The number of ether oxygens (including phenoxy) is 1.